The smallest absolute Gasteiger partial charge is 0.320 e. The molecule has 0 aliphatic rings. The summed E-state index contributed by atoms with van der Waals surface area (Å²) in [5.41, 5.74) is -0.300. The summed E-state index contributed by atoms with van der Waals surface area (Å²) < 4.78 is 1.58. The Morgan fingerprint density at radius 3 is 2.57 bits per heavy atom. The largest absolute Gasteiger partial charge is 0.327 e. The lowest BCUT2D eigenvalue weighted by Crippen LogP contribution is -2.22. The second-order valence-corrected chi connectivity index (χ2v) is 2.46. The van der Waals surface area contributed by atoms with E-state index in [9.17, 15) is 9.59 Å². The maximum Gasteiger partial charge on any atom is 0.327 e. The Bertz CT molecular complexity index is 534. The van der Waals surface area contributed by atoms with Crippen LogP contribution in [-0.4, -0.2) is 19.5 Å². The first-order chi connectivity index (χ1) is 6.68. The van der Waals surface area contributed by atoms with Crippen molar-refractivity contribution in [1.82, 2.24) is 19.5 Å². The van der Waals surface area contributed by atoms with E-state index in [0.717, 1.165) is 0 Å². The van der Waals surface area contributed by atoms with Gasteiger partial charge in [-0.15, -0.1) is 0 Å². The number of nitrogens with one attached hydrogen (secondary N) is 2. The van der Waals surface area contributed by atoms with Crippen molar-refractivity contribution in [2.75, 3.05) is 0 Å². The first kappa shape index (κ1) is 10.2. The third-order valence-electron chi connectivity index (χ3n) is 1.61. The molecule has 2 rings (SSSR count). The van der Waals surface area contributed by atoms with E-state index >= 15 is 0 Å². The summed E-state index contributed by atoms with van der Waals surface area (Å²) in [5.74, 6) is 0. The number of hydrogen-bond acceptors (Lipinski definition) is 3. The minimum absolute atomic E-state index is 0.247. The third kappa shape index (κ3) is 1.59. The molecule has 0 amide bonds. The predicted octanol–water partition coefficient (Wildman–Crippen LogP) is -0.0239. The van der Waals surface area contributed by atoms with Gasteiger partial charge in [-0.3, -0.25) is 14.8 Å². The second kappa shape index (κ2) is 3.91. The van der Waals surface area contributed by atoms with Crippen LogP contribution in [0.4, 0.5) is 0 Å². The monoisotopic (exact) mass is 196 g/mol. The summed E-state index contributed by atoms with van der Waals surface area (Å²) in [5, 5.41) is 0. The van der Waals surface area contributed by atoms with Crippen molar-refractivity contribution >= 4 is 11.2 Å². The average Bonchev–Trinajstić information content (AvgIpc) is 2.52. The molecule has 0 spiro atoms. The van der Waals surface area contributed by atoms with Crippen molar-refractivity contribution in [3.8, 4) is 0 Å². The highest BCUT2D eigenvalue weighted by Gasteiger charge is 2.03. The minimum atomic E-state index is -0.517. The van der Waals surface area contributed by atoms with E-state index in [0.29, 0.717) is 5.65 Å². The van der Waals surface area contributed by atoms with Crippen LogP contribution in [0.2, 0.25) is 0 Å². The Labute approximate surface area is 79.6 Å². The van der Waals surface area contributed by atoms with Crippen LogP contribution in [0.25, 0.3) is 11.2 Å². The van der Waals surface area contributed by atoms with E-state index in [-0.39, 0.29) is 5.52 Å². The number of hydrogen-bond donors (Lipinski definition) is 2. The molecule has 6 nitrogen and oxygen atoms in total. The summed E-state index contributed by atoms with van der Waals surface area (Å²) in [6.45, 7) is 4.00. The van der Waals surface area contributed by atoms with Crippen LogP contribution in [0.15, 0.2) is 15.9 Å². The van der Waals surface area contributed by atoms with Gasteiger partial charge in [0, 0.05) is 7.05 Å². The van der Waals surface area contributed by atoms with Crippen molar-refractivity contribution in [2.45, 2.75) is 13.8 Å². The van der Waals surface area contributed by atoms with Gasteiger partial charge in [0.15, 0.2) is 5.52 Å². The van der Waals surface area contributed by atoms with E-state index in [4.69, 9.17) is 0 Å². The van der Waals surface area contributed by atoms with Crippen LogP contribution in [-0.2, 0) is 7.05 Å². The molecule has 2 N–H and O–H groups in total. The van der Waals surface area contributed by atoms with Gasteiger partial charge >= 0.3 is 5.69 Å². The quantitative estimate of drug-likeness (QED) is 0.621. The van der Waals surface area contributed by atoms with E-state index in [1.807, 2.05) is 13.8 Å². The SMILES string of the molecule is CC.Cn1cnc2c(=O)[nH]c(=O)[nH]c21. The van der Waals surface area contributed by atoms with E-state index in [1.54, 1.807) is 11.6 Å². The summed E-state index contributed by atoms with van der Waals surface area (Å²) in [6.07, 6.45) is 1.47. The predicted molar refractivity (Wildman–Crippen MR) is 53.3 cm³/mol. The zero-order chi connectivity index (χ0) is 10.7. The highest BCUT2D eigenvalue weighted by molar-refractivity contribution is 5.68. The molecule has 0 bridgehead atoms. The second-order valence-electron chi connectivity index (χ2n) is 2.46. The van der Waals surface area contributed by atoms with Gasteiger partial charge in [-0.2, -0.15) is 0 Å². The maximum atomic E-state index is 11.1. The normalized spacial score (nSPS) is 9.64. The Morgan fingerprint density at radius 2 is 1.93 bits per heavy atom. The Balaban J connectivity index is 0.000000461. The Hall–Kier alpha value is -1.85. The fourth-order valence-corrected chi connectivity index (χ4v) is 1.04. The molecule has 0 aliphatic carbocycles. The molecule has 0 fully saturated rings. The number of H-pyrrole nitrogens is 2. The van der Waals surface area contributed by atoms with Crippen LogP contribution in [0.3, 0.4) is 0 Å². The van der Waals surface area contributed by atoms with Crippen molar-refractivity contribution in [1.29, 1.82) is 0 Å². The van der Waals surface area contributed by atoms with Gasteiger partial charge in [0.2, 0.25) is 0 Å². The number of aryl methyl sites for hydroxylation is 1. The molecule has 0 atom stereocenters. The fraction of sp³-hybridized carbons (Fsp3) is 0.375. The molecule has 14 heavy (non-hydrogen) atoms. The van der Waals surface area contributed by atoms with Gasteiger partial charge in [-0.1, -0.05) is 13.8 Å². The summed E-state index contributed by atoms with van der Waals surface area (Å²) in [6, 6.07) is 0. The van der Waals surface area contributed by atoms with Crippen molar-refractivity contribution in [3.63, 3.8) is 0 Å². The van der Waals surface area contributed by atoms with Gasteiger partial charge < -0.3 is 4.57 Å². The molecular weight excluding hydrogens is 184 g/mol. The fourth-order valence-electron chi connectivity index (χ4n) is 1.04. The van der Waals surface area contributed by atoms with Gasteiger partial charge in [0.1, 0.15) is 5.65 Å². The number of rotatable bonds is 0. The van der Waals surface area contributed by atoms with Gasteiger partial charge in [0.05, 0.1) is 6.33 Å². The number of aromatic nitrogens is 4. The van der Waals surface area contributed by atoms with Gasteiger partial charge in [-0.05, 0) is 0 Å². The highest BCUT2D eigenvalue weighted by atomic mass is 16.2. The van der Waals surface area contributed by atoms with Gasteiger partial charge in [-0.25, -0.2) is 9.78 Å². The molecule has 76 valence electrons. The van der Waals surface area contributed by atoms with Crippen LogP contribution >= 0.6 is 0 Å². The number of imidazole rings is 1. The average molecular weight is 196 g/mol. The summed E-state index contributed by atoms with van der Waals surface area (Å²) in [4.78, 5) is 30.2. The lowest BCUT2D eigenvalue weighted by atomic mass is 10.5. The molecule has 0 aromatic carbocycles. The Kier molecular flexibility index (Phi) is 2.85. The lowest BCUT2D eigenvalue weighted by Gasteiger charge is -1.90. The summed E-state index contributed by atoms with van der Waals surface area (Å²) >= 11 is 0. The highest BCUT2D eigenvalue weighted by Crippen LogP contribution is 1.97. The molecular formula is C8H12N4O2. The first-order valence-corrected chi connectivity index (χ1v) is 4.32. The maximum absolute atomic E-state index is 11.1. The van der Waals surface area contributed by atoms with Crippen LogP contribution < -0.4 is 11.2 Å². The molecule has 6 heteroatoms. The van der Waals surface area contributed by atoms with Crippen LogP contribution in [0, 0.1) is 0 Å². The number of nitrogens with zero attached hydrogens (tertiary/aromatic N) is 2. The van der Waals surface area contributed by atoms with Crippen molar-refractivity contribution in [2.24, 2.45) is 7.05 Å². The van der Waals surface area contributed by atoms with E-state index in [1.165, 1.54) is 6.33 Å². The molecule has 2 heterocycles. The first-order valence-electron chi connectivity index (χ1n) is 4.32. The molecule has 2 aromatic heterocycles. The van der Waals surface area contributed by atoms with Crippen LogP contribution in [0.5, 0.6) is 0 Å². The lowest BCUT2D eigenvalue weighted by molar-refractivity contribution is 0.919. The topological polar surface area (TPSA) is 83.5 Å². The van der Waals surface area contributed by atoms with Crippen molar-refractivity contribution in [3.05, 3.63) is 27.2 Å². The molecule has 0 aliphatic heterocycles. The van der Waals surface area contributed by atoms with Gasteiger partial charge in [0.25, 0.3) is 5.56 Å². The Morgan fingerprint density at radius 1 is 1.29 bits per heavy atom. The molecule has 0 saturated heterocycles. The third-order valence-corrected chi connectivity index (χ3v) is 1.61. The minimum Gasteiger partial charge on any atom is -0.320 e. The van der Waals surface area contributed by atoms with Crippen LogP contribution in [0.1, 0.15) is 13.8 Å². The summed E-state index contributed by atoms with van der Waals surface area (Å²) in [7, 11) is 1.70. The molecule has 0 unspecified atom stereocenters. The standard InChI is InChI=1S/C6H6N4O2.C2H6/c1-10-2-7-3-4(10)8-6(12)9-5(3)11;1-2/h2H,1H3,(H2,8,9,11,12);1-2H3. The van der Waals surface area contributed by atoms with E-state index in [2.05, 4.69) is 15.0 Å². The molecule has 2 aromatic rings. The zero-order valence-electron chi connectivity index (χ0n) is 8.29. The van der Waals surface area contributed by atoms with Crippen molar-refractivity contribution < 1.29 is 0 Å². The molecule has 0 radical (unpaired) electrons. The molecule has 0 saturated carbocycles. The number of aromatic amines is 2. The zero-order valence-corrected chi connectivity index (χ0v) is 8.29. The number of fused-ring (bicyclic) bond motifs is 1. The van der Waals surface area contributed by atoms with E-state index < -0.39 is 11.2 Å².